The van der Waals surface area contributed by atoms with E-state index >= 15 is 0 Å². The van der Waals surface area contributed by atoms with E-state index in [2.05, 4.69) is 13.8 Å². The summed E-state index contributed by atoms with van der Waals surface area (Å²) < 4.78 is 7.42. The van der Waals surface area contributed by atoms with Crippen molar-refractivity contribution in [2.75, 3.05) is 13.7 Å². The van der Waals surface area contributed by atoms with E-state index < -0.39 is 4.92 Å². The van der Waals surface area contributed by atoms with Gasteiger partial charge >= 0.3 is 5.69 Å². The molecule has 1 unspecified atom stereocenters. The Bertz CT molecular complexity index is 1370. The van der Waals surface area contributed by atoms with Crippen LogP contribution in [0.1, 0.15) is 45.1 Å². The summed E-state index contributed by atoms with van der Waals surface area (Å²) in [4.78, 5) is 26.8. The predicted molar refractivity (Wildman–Crippen MR) is 155 cm³/mol. The van der Waals surface area contributed by atoms with E-state index in [1.54, 1.807) is 27.8 Å². The number of benzene rings is 2. The van der Waals surface area contributed by atoms with Crippen molar-refractivity contribution >= 4 is 46.0 Å². The zero-order valence-corrected chi connectivity index (χ0v) is 23.3. The number of hydrogen-bond acceptors (Lipinski definition) is 7. The molecule has 0 radical (unpaired) electrons. The number of para-hydroxylation sites is 1. The Hall–Kier alpha value is -3.50. The molecule has 10 heteroatoms. The number of carbonyl (C=O) groups excluding carboxylic acids is 1. The highest BCUT2D eigenvalue weighted by molar-refractivity contribution is 8.26. The van der Waals surface area contributed by atoms with E-state index in [-0.39, 0.29) is 17.3 Å². The molecule has 1 aliphatic rings. The minimum Gasteiger partial charge on any atom is -0.490 e. The molecule has 4 rings (SSSR count). The number of ether oxygens (including phenoxy) is 1. The third-order valence-electron chi connectivity index (χ3n) is 6.56. The molecule has 0 bridgehead atoms. The van der Waals surface area contributed by atoms with E-state index in [9.17, 15) is 14.9 Å². The summed E-state index contributed by atoms with van der Waals surface area (Å²) in [6.07, 6.45) is 7.90. The summed E-state index contributed by atoms with van der Waals surface area (Å²) >= 11 is 6.87. The highest BCUT2D eigenvalue weighted by Crippen LogP contribution is 2.37. The topological polar surface area (TPSA) is 90.5 Å². The third-order valence-corrected chi connectivity index (χ3v) is 7.93. The Morgan fingerprint density at radius 3 is 2.63 bits per heavy atom. The molecule has 0 saturated carbocycles. The molecule has 3 aromatic rings. The molecule has 38 heavy (non-hydrogen) atoms. The van der Waals surface area contributed by atoms with Crippen LogP contribution in [0.5, 0.6) is 5.75 Å². The van der Waals surface area contributed by atoms with Crippen LogP contribution in [0.2, 0.25) is 0 Å². The van der Waals surface area contributed by atoms with Crippen molar-refractivity contribution in [2.24, 2.45) is 5.92 Å². The molecule has 1 atom stereocenters. The van der Waals surface area contributed by atoms with Gasteiger partial charge in [-0.25, -0.2) is 4.68 Å². The average molecular weight is 551 g/mol. The summed E-state index contributed by atoms with van der Waals surface area (Å²) in [6, 6.07) is 14.3. The van der Waals surface area contributed by atoms with Crippen LogP contribution in [-0.2, 0) is 4.79 Å². The monoisotopic (exact) mass is 550 g/mol. The number of carbonyl (C=O) groups is 1. The van der Waals surface area contributed by atoms with Gasteiger partial charge in [-0.3, -0.25) is 19.8 Å². The highest BCUT2D eigenvalue weighted by atomic mass is 32.2. The van der Waals surface area contributed by atoms with Crippen LogP contribution >= 0.6 is 24.0 Å². The smallest absolute Gasteiger partial charge is 0.311 e. The fraction of sp³-hybridized carbons (Fsp3) is 0.321. The third kappa shape index (κ3) is 5.97. The van der Waals surface area contributed by atoms with Crippen molar-refractivity contribution in [3.8, 4) is 22.7 Å². The van der Waals surface area contributed by atoms with E-state index in [0.717, 1.165) is 31.4 Å². The Kier molecular flexibility index (Phi) is 8.96. The van der Waals surface area contributed by atoms with Gasteiger partial charge in [-0.05, 0) is 42.7 Å². The van der Waals surface area contributed by atoms with Crippen LogP contribution in [0.3, 0.4) is 0 Å². The van der Waals surface area contributed by atoms with Crippen molar-refractivity contribution in [3.63, 3.8) is 0 Å². The van der Waals surface area contributed by atoms with Crippen LogP contribution < -0.4 is 4.74 Å². The summed E-state index contributed by atoms with van der Waals surface area (Å²) in [7, 11) is 1.39. The number of aromatic nitrogens is 2. The molecule has 2 aromatic carbocycles. The van der Waals surface area contributed by atoms with Crippen molar-refractivity contribution < 1.29 is 14.5 Å². The highest BCUT2D eigenvalue weighted by Gasteiger charge is 2.33. The molecule has 1 fully saturated rings. The first-order valence-corrected chi connectivity index (χ1v) is 13.8. The van der Waals surface area contributed by atoms with Gasteiger partial charge in [0.1, 0.15) is 10.0 Å². The first-order valence-electron chi connectivity index (χ1n) is 12.6. The maximum absolute atomic E-state index is 13.4. The van der Waals surface area contributed by atoms with Gasteiger partial charge in [0.2, 0.25) is 0 Å². The van der Waals surface area contributed by atoms with E-state index in [4.69, 9.17) is 22.1 Å². The summed E-state index contributed by atoms with van der Waals surface area (Å²) in [5.74, 6) is 0.444. The number of thiocarbonyl (C=S) groups is 1. The number of thioether (sulfide) groups is 1. The second kappa shape index (κ2) is 12.4. The lowest BCUT2D eigenvalue weighted by Crippen LogP contribution is -2.33. The predicted octanol–water partition coefficient (Wildman–Crippen LogP) is 6.87. The molecule has 0 N–H and O–H groups in total. The molecule has 8 nitrogen and oxygen atoms in total. The average Bonchev–Trinajstić information content (AvgIpc) is 3.47. The second-order valence-electron chi connectivity index (χ2n) is 9.07. The molecule has 0 spiro atoms. The van der Waals surface area contributed by atoms with E-state index in [0.29, 0.717) is 38.5 Å². The number of hydrogen-bond donors (Lipinski definition) is 0. The molecule has 0 aliphatic carbocycles. The SMILES string of the molecule is CCCCC(CC)CN1C(=O)/C(=C/c2cn(-c3ccccc3)nc2-c2ccc(OC)c([N+](=O)[O-])c2)SC1=S. The van der Waals surface area contributed by atoms with Crippen LogP contribution in [0.25, 0.3) is 23.0 Å². The summed E-state index contributed by atoms with van der Waals surface area (Å²) in [5.41, 5.74) is 2.38. The number of nitrogens with zero attached hydrogens (tertiary/aromatic N) is 4. The fourth-order valence-corrected chi connectivity index (χ4v) is 5.65. The van der Waals surface area contributed by atoms with Crippen LogP contribution in [-0.4, -0.2) is 43.5 Å². The molecular weight excluding hydrogens is 520 g/mol. The quantitative estimate of drug-likeness (QED) is 0.111. The van der Waals surface area contributed by atoms with Crippen molar-refractivity contribution in [1.29, 1.82) is 0 Å². The molecule has 2 heterocycles. The Labute approximate surface area is 231 Å². The molecule has 198 valence electrons. The standard InChI is InChI=1S/C28H30N4O4S2/c1-4-6-10-19(5-2)17-30-27(33)25(38-28(30)37)16-21-18-31(22-11-8-7-9-12-22)29-26(21)20-13-14-24(36-3)23(15-20)32(34)35/h7-9,11-16,18-19H,4-6,10,17H2,1-3H3/b25-16-. The fourth-order valence-electron chi connectivity index (χ4n) is 4.38. The van der Waals surface area contributed by atoms with Crippen molar-refractivity contribution in [2.45, 2.75) is 39.5 Å². The number of nitro benzene ring substituents is 1. The first-order chi connectivity index (χ1) is 18.4. The van der Waals surface area contributed by atoms with Crippen molar-refractivity contribution in [3.05, 3.63) is 75.3 Å². The number of rotatable bonds is 11. The van der Waals surface area contributed by atoms with Crippen molar-refractivity contribution in [1.82, 2.24) is 14.7 Å². The summed E-state index contributed by atoms with van der Waals surface area (Å²) in [5, 5.41) is 16.4. The molecule has 1 amide bonds. The first kappa shape index (κ1) is 27.5. The van der Waals surface area contributed by atoms with Gasteiger partial charge in [0.05, 0.1) is 22.6 Å². The Balaban J connectivity index is 1.74. The zero-order chi connectivity index (χ0) is 27.2. The minimum atomic E-state index is -0.482. The van der Waals surface area contributed by atoms with E-state index in [1.807, 2.05) is 36.5 Å². The molecule has 1 saturated heterocycles. The molecular formula is C28H30N4O4S2. The maximum atomic E-state index is 13.4. The van der Waals surface area contributed by atoms with Crippen LogP contribution in [0, 0.1) is 16.0 Å². The second-order valence-corrected chi connectivity index (χ2v) is 10.7. The molecule has 1 aliphatic heterocycles. The Morgan fingerprint density at radius 2 is 1.97 bits per heavy atom. The largest absolute Gasteiger partial charge is 0.490 e. The van der Waals surface area contributed by atoms with Gasteiger partial charge in [-0.2, -0.15) is 5.10 Å². The van der Waals surface area contributed by atoms with Crippen LogP contribution in [0.15, 0.2) is 59.6 Å². The lowest BCUT2D eigenvalue weighted by atomic mass is 9.99. The summed E-state index contributed by atoms with van der Waals surface area (Å²) in [6.45, 7) is 4.92. The van der Waals surface area contributed by atoms with Gasteiger partial charge in [0, 0.05) is 29.9 Å². The molecule has 1 aromatic heterocycles. The maximum Gasteiger partial charge on any atom is 0.311 e. The number of methoxy groups -OCH3 is 1. The number of nitro groups is 1. The van der Waals surface area contributed by atoms with E-state index in [1.165, 1.54) is 24.9 Å². The minimum absolute atomic E-state index is 0.117. The van der Waals surface area contributed by atoms with Gasteiger partial charge in [0.15, 0.2) is 5.75 Å². The zero-order valence-electron chi connectivity index (χ0n) is 21.6. The number of unbranched alkanes of at least 4 members (excludes halogenated alkanes) is 1. The van der Waals surface area contributed by atoms with Crippen LogP contribution in [0.4, 0.5) is 5.69 Å². The van der Waals surface area contributed by atoms with Gasteiger partial charge in [-0.15, -0.1) is 0 Å². The van der Waals surface area contributed by atoms with Gasteiger partial charge in [-0.1, -0.05) is 75.3 Å². The lowest BCUT2D eigenvalue weighted by molar-refractivity contribution is -0.385. The normalized spacial score (nSPS) is 15.3. The lowest BCUT2D eigenvalue weighted by Gasteiger charge is -2.21. The van der Waals surface area contributed by atoms with Gasteiger partial charge < -0.3 is 4.74 Å². The Morgan fingerprint density at radius 1 is 1.21 bits per heavy atom. The number of amides is 1. The van der Waals surface area contributed by atoms with Gasteiger partial charge in [0.25, 0.3) is 5.91 Å².